The van der Waals surface area contributed by atoms with E-state index in [-0.39, 0.29) is 6.61 Å². The summed E-state index contributed by atoms with van der Waals surface area (Å²) in [6.45, 7) is 2.59. The van der Waals surface area contributed by atoms with Crippen molar-refractivity contribution >= 4 is 21.6 Å². The lowest BCUT2D eigenvalue weighted by atomic mass is 9.91. The molecule has 0 spiro atoms. The zero-order valence-corrected chi connectivity index (χ0v) is 12.2. The second-order valence-electron chi connectivity index (χ2n) is 4.89. The van der Waals surface area contributed by atoms with E-state index < -0.39 is 6.10 Å². The van der Waals surface area contributed by atoms with Crippen molar-refractivity contribution in [3.8, 4) is 0 Å². The molecule has 0 aromatic heterocycles. The fraction of sp³-hybridized carbons (Fsp3) is 0.571. The molecule has 18 heavy (non-hydrogen) atoms. The maximum absolute atomic E-state index is 9.57. The molecule has 1 aliphatic rings. The third-order valence-corrected chi connectivity index (χ3v) is 4.26. The van der Waals surface area contributed by atoms with Crippen LogP contribution in [-0.2, 0) is 0 Å². The Labute approximate surface area is 117 Å². The molecule has 0 bridgehead atoms. The zero-order valence-electron chi connectivity index (χ0n) is 10.6. The number of hydrogen-bond acceptors (Lipinski definition) is 3. The Morgan fingerprint density at radius 2 is 2.17 bits per heavy atom. The standard InChI is InChI=1S/C14H20BrNO2/c1-10(18)11-5-6-14(13(15)9-11)16(7-8-17)12-3-2-4-12/h5-6,9-10,12,17-18H,2-4,7-8H2,1H3. The van der Waals surface area contributed by atoms with Gasteiger partial charge in [0.1, 0.15) is 0 Å². The molecule has 2 N–H and O–H groups in total. The van der Waals surface area contributed by atoms with Gasteiger partial charge in [0, 0.05) is 17.1 Å². The van der Waals surface area contributed by atoms with Crippen molar-refractivity contribution in [2.45, 2.75) is 38.3 Å². The van der Waals surface area contributed by atoms with E-state index in [2.05, 4.69) is 20.8 Å². The van der Waals surface area contributed by atoms with Crippen LogP contribution in [0, 0.1) is 0 Å². The number of benzene rings is 1. The van der Waals surface area contributed by atoms with E-state index in [1.807, 2.05) is 18.2 Å². The minimum Gasteiger partial charge on any atom is -0.395 e. The number of anilines is 1. The summed E-state index contributed by atoms with van der Waals surface area (Å²) in [7, 11) is 0. The van der Waals surface area contributed by atoms with Gasteiger partial charge in [-0.05, 0) is 59.8 Å². The summed E-state index contributed by atoms with van der Waals surface area (Å²) in [5.74, 6) is 0. The number of hydrogen-bond donors (Lipinski definition) is 2. The van der Waals surface area contributed by atoms with Crippen molar-refractivity contribution in [1.29, 1.82) is 0 Å². The number of halogens is 1. The first-order chi connectivity index (χ1) is 8.63. The van der Waals surface area contributed by atoms with Gasteiger partial charge in [-0.3, -0.25) is 0 Å². The van der Waals surface area contributed by atoms with Gasteiger partial charge >= 0.3 is 0 Å². The number of aliphatic hydroxyl groups excluding tert-OH is 2. The topological polar surface area (TPSA) is 43.7 Å². The van der Waals surface area contributed by atoms with Gasteiger partial charge < -0.3 is 15.1 Å². The van der Waals surface area contributed by atoms with E-state index in [0.717, 1.165) is 15.7 Å². The van der Waals surface area contributed by atoms with Crippen LogP contribution in [0.4, 0.5) is 5.69 Å². The van der Waals surface area contributed by atoms with Gasteiger partial charge in [-0.1, -0.05) is 6.07 Å². The molecule has 1 aromatic rings. The Bertz CT molecular complexity index is 405. The molecule has 0 amide bonds. The van der Waals surface area contributed by atoms with Crippen LogP contribution in [0.25, 0.3) is 0 Å². The third kappa shape index (κ3) is 2.87. The Kier molecular flexibility index (Phi) is 4.65. The number of nitrogens with zero attached hydrogens (tertiary/aromatic N) is 1. The van der Waals surface area contributed by atoms with E-state index in [9.17, 15) is 10.2 Å². The summed E-state index contributed by atoms with van der Waals surface area (Å²) in [5, 5.41) is 18.8. The normalized spacial score (nSPS) is 17.3. The Balaban J connectivity index is 2.23. The van der Waals surface area contributed by atoms with Crippen LogP contribution in [0.3, 0.4) is 0 Å². The largest absolute Gasteiger partial charge is 0.395 e. The highest BCUT2D eigenvalue weighted by Crippen LogP contribution is 2.35. The lowest BCUT2D eigenvalue weighted by molar-refractivity contribution is 0.199. The maximum atomic E-state index is 9.57. The quantitative estimate of drug-likeness (QED) is 0.878. The second-order valence-corrected chi connectivity index (χ2v) is 5.74. The molecule has 1 atom stereocenters. The van der Waals surface area contributed by atoms with Crippen LogP contribution in [0.1, 0.15) is 37.9 Å². The second kappa shape index (κ2) is 6.04. The van der Waals surface area contributed by atoms with Gasteiger partial charge in [0.2, 0.25) is 0 Å². The highest BCUT2D eigenvalue weighted by molar-refractivity contribution is 9.10. The molecule has 2 rings (SSSR count). The van der Waals surface area contributed by atoms with E-state index in [0.29, 0.717) is 12.6 Å². The fourth-order valence-corrected chi connectivity index (χ4v) is 2.95. The van der Waals surface area contributed by atoms with Gasteiger partial charge in [-0.25, -0.2) is 0 Å². The van der Waals surface area contributed by atoms with Gasteiger partial charge in [-0.15, -0.1) is 0 Å². The van der Waals surface area contributed by atoms with Crippen molar-refractivity contribution in [3.05, 3.63) is 28.2 Å². The monoisotopic (exact) mass is 313 g/mol. The maximum Gasteiger partial charge on any atom is 0.0762 e. The Morgan fingerprint density at radius 1 is 1.44 bits per heavy atom. The third-order valence-electron chi connectivity index (χ3n) is 3.62. The molecule has 1 aromatic carbocycles. The van der Waals surface area contributed by atoms with E-state index >= 15 is 0 Å². The van der Waals surface area contributed by atoms with Crippen molar-refractivity contribution < 1.29 is 10.2 Å². The SMILES string of the molecule is CC(O)c1ccc(N(CCO)C2CCC2)c(Br)c1. The van der Waals surface area contributed by atoms with Crippen LogP contribution < -0.4 is 4.90 Å². The molecule has 100 valence electrons. The van der Waals surface area contributed by atoms with Crippen molar-refractivity contribution in [2.24, 2.45) is 0 Å². The van der Waals surface area contributed by atoms with E-state index in [4.69, 9.17) is 0 Å². The van der Waals surface area contributed by atoms with E-state index in [1.165, 1.54) is 19.3 Å². The average Bonchev–Trinajstić information content (AvgIpc) is 2.26. The van der Waals surface area contributed by atoms with Crippen LogP contribution in [0.5, 0.6) is 0 Å². The molecular weight excluding hydrogens is 294 g/mol. The molecule has 1 saturated carbocycles. The van der Waals surface area contributed by atoms with Gasteiger partial charge in [-0.2, -0.15) is 0 Å². The lowest BCUT2D eigenvalue weighted by Crippen LogP contribution is -2.42. The summed E-state index contributed by atoms with van der Waals surface area (Å²) >= 11 is 3.57. The fourth-order valence-electron chi connectivity index (χ4n) is 2.32. The first-order valence-electron chi connectivity index (χ1n) is 6.48. The minimum absolute atomic E-state index is 0.168. The predicted molar refractivity (Wildman–Crippen MR) is 76.8 cm³/mol. The van der Waals surface area contributed by atoms with Gasteiger partial charge in [0.15, 0.2) is 0 Å². The molecule has 0 heterocycles. The smallest absolute Gasteiger partial charge is 0.0762 e. The number of aliphatic hydroxyl groups is 2. The molecular formula is C14H20BrNO2. The highest BCUT2D eigenvalue weighted by Gasteiger charge is 2.26. The molecule has 0 saturated heterocycles. The molecule has 1 aliphatic carbocycles. The summed E-state index contributed by atoms with van der Waals surface area (Å²) in [6.07, 6.45) is 3.22. The molecule has 1 unspecified atom stereocenters. The van der Waals surface area contributed by atoms with Crippen molar-refractivity contribution in [1.82, 2.24) is 0 Å². The summed E-state index contributed by atoms with van der Waals surface area (Å²) in [4.78, 5) is 2.26. The lowest BCUT2D eigenvalue weighted by Gasteiger charge is -2.39. The molecule has 3 nitrogen and oxygen atoms in total. The first kappa shape index (κ1) is 13.8. The first-order valence-corrected chi connectivity index (χ1v) is 7.27. The van der Waals surface area contributed by atoms with Gasteiger partial charge in [0.05, 0.1) is 18.4 Å². The van der Waals surface area contributed by atoms with Crippen molar-refractivity contribution in [2.75, 3.05) is 18.1 Å². The van der Waals surface area contributed by atoms with Crippen LogP contribution >= 0.6 is 15.9 Å². The van der Waals surface area contributed by atoms with Crippen LogP contribution in [0.15, 0.2) is 22.7 Å². The predicted octanol–water partition coefficient (Wildman–Crippen LogP) is 2.85. The van der Waals surface area contributed by atoms with Gasteiger partial charge in [0.25, 0.3) is 0 Å². The van der Waals surface area contributed by atoms with Crippen molar-refractivity contribution in [3.63, 3.8) is 0 Å². The molecule has 4 heteroatoms. The minimum atomic E-state index is -0.453. The Morgan fingerprint density at radius 3 is 2.61 bits per heavy atom. The van der Waals surface area contributed by atoms with Crippen LogP contribution in [0.2, 0.25) is 0 Å². The number of rotatable bonds is 5. The van der Waals surface area contributed by atoms with E-state index in [1.54, 1.807) is 6.92 Å². The zero-order chi connectivity index (χ0) is 13.1. The highest BCUT2D eigenvalue weighted by atomic mass is 79.9. The summed E-state index contributed by atoms with van der Waals surface area (Å²) < 4.78 is 0.987. The van der Waals surface area contributed by atoms with Crippen LogP contribution in [-0.4, -0.2) is 29.4 Å². The summed E-state index contributed by atoms with van der Waals surface area (Å²) in [6, 6.07) is 6.49. The molecule has 0 aliphatic heterocycles. The molecule has 0 radical (unpaired) electrons. The molecule has 1 fully saturated rings. The Hall–Kier alpha value is -0.580. The average molecular weight is 314 g/mol. The summed E-state index contributed by atoms with van der Waals surface area (Å²) in [5.41, 5.74) is 2.02.